The molecule has 0 saturated carbocycles. The molecule has 0 saturated heterocycles. The molecule has 1 rings (SSSR count). The summed E-state index contributed by atoms with van der Waals surface area (Å²) < 4.78 is 40.6. The quantitative estimate of drug-likeness (QED) is 0.714. The van der Waals surface area contributed by atoms with Gasteiger partial charge in [-0.3, -0.25) is 0 Å². The lowest BCUT2D eigenvalue weighted by Gasteiger charge is -2.17. The Morgan fingerprint density at radius 1 is 1.25 bits per heavy atom. The summed E-state index contributed by atoms with van der Waals surface area (Å²) in [6.45, 7) is -0.102. The molecule has 0 bridgehead atoms. The molecule has 0 aliphatic rings. The Morgan fingerprint density at radius 3 is 2.31 bits per heavy atom. The van der Waals surface area contributed by atoms with Crippen molar-refractivity contribution in [1.29, 1.82) is 0 Å². The summed E-state index contributed by atoms with van der Waals surface area (Å²) in [6.07, 6.45) is 0. The van der Waals surface area contributed by atoms with Crippen LogP contribution < -0.4 is 4.74 Å². The van der Waals surface area contributed by atoms with E-state index in [1.807, 2.05) is 26.8 Å². The van der Waals surface area contributed by atoms with Gasteiger partial charge in [0, 0.05) is 0 Å². The summed E-state index contributed by atoms with van der Waals surface area (Å²) in [5.41, 5.74) is 2.09. The van der Waals surface area contributed by atoms with E-state index in [0.717, 1.165) is 11.1 Å². The molecule has 1 aromatic rings. The number of halogens is 3. The molecule has 90 valence electrons. The van der Waals surface area contributed by atoms with Crippen LogP contribution in [0, 0.1) is 6.92 Å². The van der Waals surface area contributed by atoms with Gasteiger partial charge in [0.2, 0.25) is 0 Å². The van der Waals surface area contributed by atoms with E-state index >= 15 is 0 Å². The third-order valence-corrected chi connectivity index (χ3v) is 2.30. The fourth-order valence-electron chi connectivity index (χ4n) is 1.58. The van der Waals surface area contributed by atoms with Gasteiger partial charge in [0.25, 0.3) is 0 Å². The molecular formula is C11H15BF3O-. The van der Waals surface area contributed by atoms with E-state index in [-0.39, 0.29) is 5.75 Å². The second-order valence-corrected chi connectivity index (χ2v) is 4.19. The molecule has 1 nitrogen and oxygen atoms in total. The third kappa shape index (κ3) is 3.79. The van der Waals surface area contributed by atoms with Gasteiger partial charge in [0.05, 0.1) is 6.51 Å². The Bertz CT molecular complexity index is 361. The first-order chi connectivity index (χ1) is 7.29. The third-order valence-electron chi connectivity index (χ3n) is 2.30. The molecule has 0 aliphatic carbocycles. The van der Waals surface area contributed by atoms with Crippen molar-refractivity contribution in [3.8, 4) is 5.75 Å². The van der Waals surface area contributed by atoms with Crippen LogP contribution >= 0.6 is 0 Å². The van der Waals surface area contributed by atoms with E-state index in [4.69, 9.17) is 0 Å². The van der Waals surface area contributed by atoms with Gasteiger partial charge >= 0.3 is 6.98 Å². The molecule has 0 N–H and O–H groups in total. The maximum absolute atomic E-state index is 12.0. The van der Waals surface area contributed by atoms with Gasteiger partial charge in [-0.15, -0.1) is 0 Å². The van der Waals surface area contributed by atoms with Crippen LogP contribution in [0.25, 0.3) is 0 Å². The van der Waals surface area contributed by atoms with E-state index < -0.39 is 13.5 Å². The molecule has 0 spiro atoms. The van der Waals surface area contributed by atoms with E-state index in [9.17, 15) is 12.9 Å². The first-order valence-electron chi connectivity index (χ1n) is 5.24. The van der Waals surface area contributed by atoms with Crippen LogP contribution in [0.5, 0.6) is 5.75 Å². The van der Waals surface area contributed by atoms with Crippen molar-refractivity contribution in [3.05, 3.63) is 29.3 Å². The molecule has 1 aromatic carbocycles. The van der Waals surface area contributed by atoms with E-state index in [0.29, 0.717) is 5.92 Å². The highest BCUT2D eigenvalue weighted by Gasteiger charge is 2.24. The summed E-state index contributed by atoms with van der Waals surface area (Å²) in [5.74, 6) is 0.641. The maximum atomic E-state index is 12.0. The van der Waals surface area contributed by atoms with Crippen molar-refractivity contribution in [1.82, 2.24) is 0 Å². The zero-order valence-electron chi connectivity index (χ0n) is 9.64. The lowest BCUT2D eigenvalue weighted by molar-refractivity contribution is 0.313. The van der Waals surface area contributed by atoms with Crippen molar-refractivity contribution in [2.45, 2.75) is 26.7 Å². The molecule has 0 heterocycles. The van der Waals surface area contributed by atoms with Crippen LogP contribution in [0.15, 0.2) is 18.2 Å². The Balaban J connectivity index is 2.74. The largest absolute Gasteiger partial charge is 0.522 e. The van der Waals surface area contributed by atoms with Gasteiger partial charge in [-0.25, -0.2) is 0 Å². The Labute approximate surface area is 93.7 Å². The van der Waals surface area contributed by atoms with Crippen molar-refractivity contribution in [2.24, 2.45) is 0 Å². The molecular weight excluding hydrogens is 216 g/mol. The molecule has 0 amide bonds. The topological polar surface area (TPSA) is 9.23 Å². The Morgan fingerprint density at radius 2 is 1.88 bits per heavy atom. The summed E-state index contributed by atoms with van der Waals surface area (Å²) in [5, 5.41) is 0. The minimum atomic E-state index is -4.88. The fourth-order valence-corrected chi connectivity index (χ4v) is 1.58. The van der Waals surface area contributed by atoms with E-state index in [2.05, 4.69) is 4.74 Å². The van der Waals surface area contributed by atoms with E-state index in [1.165, 1.54) is 0 Å². The molecule has 0 fully saturated rings. The van der Waals surface area contributed by atoms with Crippen LogP contribution in [0.3, 0.4) is 0 Å². The average molecular weight is 231 g/mol. The number of hydrogen-bond acceptors (Lipinski definition) is 1. The predicted octanol–water partition coefficient (Wildman–Crippen LogP) is 3.88. The summed E-state index contributed by atoms with van der Waals surface area (Å²) in [7, 11) is 0. The number of rotatable bonds is 4. The normalized spacial score (nSPS) is 11.9. The number of aryl methyl sites for hydroxylation is 1. The van der Waals surface area contributed by atoms with Crippen LogP contribution in [0.4, 0.5) is 12.9 Å². The number of hydrogen-bond donors (Lipinski definition) is 0. The van der Waals surface area contributed by atoms with Crippen molar-refractivity contribution in [3.63, 3.8) is 0 Å². The van der Waals surface area contributed by atoms with Crippen LogP contribution in [-0.4, -0.2) is 13.5 Å². The highest BCUT2D eigenvalue weighted by atomic mass is 19.4. The Hall–Kier alpha value is -1.13. The van der Waals surface area contributed by atoms with Crippen LogP contribution in [0.1, 0.15) is 30.9 Å². The number of benzene rings is 1. The highest BCUT2D eigenvalue weighted by Crippen LogP contribution is 2.24. The van der Waals surface area contributed by atoms with Crippen molar-refractivity contribution < 1.29 is 17.7 Å². The molecule has 0 aromatic heterocycles. The zero-order valence-corrected chi connectivity index (χ0v) is 9.64. The molecule has 0 aliphatic heterocycles. The summed E-state index contributed by atoms with van der Waals surface area (Å²) >= 11 is 0. The summed E-state index contributed by atoms with van der Waals surface area (Å²) in [4.78, 5) is 0. The van der Waals surface area contributed by atoms with Crippen molar-refractivity contribution in [2.75, 3.05) is 6.51 Å². The smallest absolute Gasteiger partial charge is 0.515 e. The fraction of sp³-hybridized carbons (Fsp3) is 0.455. The number of ether oxygens (including phenoxy) is 1. The van der Waals surface area contributed by atoms with Crippen LogP contribution in [0.2, 0.25) is 0 Å². The monoisotopic (exact) mass is 231 g/mol. The maximum Gasteiger partial charge on any atom is 0.515 e. The van der Waals surface area contributed by atoms with Gasteiger partial charge in [0.15, 0.2) is 0 Å². The summed E-state index contributed by atoms with van der Waals surface area (Å²) in [6, 6.07) is 5.06. The lowest BCUT2D eigenvalue weighted by atomic mass is 9.94. The SMILES string of the molecule is Cc1cc(OC[B-](F)(F)F)ccc1C(C)C. The van der Waals surface area contributed by atoms with E-state index in [1.54, 1.807) is 12.1 Å². The second-order valence-electron chi connectivity index (χ2n) is 4.19. The predicted molar refractivity (Wildman–Crippen MR) is 59.8 cm³/mol. The molecule has 5 heteroatoms. The molecule has 0 atom stereocenters. The van der Waals surface area contributed by atoms with Gasteiger partial charge in [-0.05, 0) is 36.1 Å². The van der Waals surface area contributed by atoms with Crippen molar-refractivity contribution >= 4 is 6.98 Å². The molecule has 0 radical (unpaired) electrons. The van der Waals surface area contributed by atoms with Gasteiger partial charge < -0.3 is 17.7 Å². The van der Waals surface area contributed by atoms with Gasteiger partial charge in [-0.2, -0.15) is 0 Å². The Kier molecular flexibility index (Phi) is 3.89. The van der Waals surface area contributed by atoms with Gasteiger partial charge in [0.1, 0.15) is 5.75 Å². The average Bonchev–Trinajstić information content (AvgIpc) is 2.13. The molecule has 0 unspecified atom stereocenters. The second kappa shape index (κ2) is 4.81. The zero-order chi connectivity index (χ0) is 12.3. The molecule has 16 heavy (non-hydrogen) atoms. The first kappa shape index (κ1) is 12.9. The first-order valence-corrected chi connectivity index (χ1v) is 5.24. The minimum absolute atomic E-state index is 0.279. The van der Waals surface area contributed by atoms with Crippen LogP contribution in [-0.2, 0) is 0 Å². The van der Waals surface area contributed by atoms with Gasteiger partial charge in [-0.1, -0.05) is 19.9 Å². The standard InChI is InChI=1S/C11H15BF3O/c1-8(2)11-5-4-10(6-9(11)3)16-7-12(13,14)15/h4-6,8H,7H2,1-3H3/q-1. The lowest BCUT2D eigenvalue weighted by Crippen LogP contribution is -2.26. The highest BCUT2D eigenvalue weighted by molar-refractivity contribution is 6.58. The minimum Gasteiger partial charge on any atom is -0.522 e.